The molecule has 0 radical (unpaired) electrons. The molecule has 0 spiro atoms. The minimum Gasteiger partial charge on any atom is -0.370 e. The maximum atomic E-state index is 14.5. The van der Waals surface area contributed by atoms with Crippen LogP contribution in [-0.2, 0) is 0 Å². The number of pyridine rings is 2. The van der Waals surface area contributed by atoms with Crippen molar-refractivity contribution in [1.82, 2.24) is 29.1 Å². The number of fused-ring (bicyclic) bond motifs is 3. The van der Waals surface area contributed by atoms with Gasteiger partial charge in [0.2, 0.25) is 0 Å². The van der Waals surface area contributed by atoms with E-state index in [0.29, 0.717) is 28.7 Å². The molecule has 1 N–H and O–H groups in total. The molecule has 2 aliphatic rings. The lowest BCUT2D eigenvalue weighted by molar-refractivity contribution is 0.533. The average molecular weight is 442 g/mol. The largest absolute Gasteiger partial charge is 0.370 e. The minimum atomic E-state index is -0.478. The van der Waals surface area contributed by atoms with Crippen LogP contribution in [-0.4, -0.2) is 49.9 Å². The summed E-state index contributed by atoms with van der Waals surface area (Å²) in [6.45, 7) is 5.88. The maximum Gasteiger partial charge on any atom is 0.355 e. The van der Waals surface area contributed by atoms with Gasteiger partial charge in [-0.15, -0.1) is 12.4 Å². The quantitative estimate of drug-likeness (QED) is 0.512. The number of aromatic nitrogens is 5. The van der Waals surface area contributed by atoms with Crippen molar-refractivity contribution >= 4 is 29.4 Å². The van der Waals surface area contributed by atoms with Gasteiger partial charge in [0.1, 0.15) is 5.65 Å². The van der Waals surface area contributed by atoms with E-state index in [1.165, 1.54) is 10.5 Å². The lowest BCUT2D eigenvalue weighted by Crippen LogP contribution is -2.27. The molecular formula is C21H21ClFN7O. The van der Waals surface area contributed by atoms with Crippen LogP contribution in [0.15, 0.2) is 41.6 Å². The molecule has 2 fully saturated rings. The number of rotatable bonds is 2. The van der Waals surface area contributed by atoms with Gasteiger partial charge in [0.15, 0.2) is 17.3 Å². The van der Waals surface area contributed by atoms with E-state index in [1.54, 1.807) is 29.9 Å². The Balaban J connectivity index is 0.00000204. The van der Waals surface area contributed by atoms with Gasteiger partial charge in [0.25, 0.3) is 0 Å². The summed E-state index contributed by atoms with van der Waals surface area (Å²) >= 11 is 0. The second kappa shape index (κ2) is 7.28. The number of anilines is 1. The van der Waals surface area contributed by atoms with Crippen LogP contribution < -0.4 is 15.9 Å². The standard InChI is InChI=1S/C21H20FN7O.ClH/c1-12-7-28-8-13(4-17(22)20(28)24-12)19-25-18-3-2-16(11-29(18)21(30)26-19)27-9-14-5-23-6-15(14)10-27;/h2-4,7-8,11,14-15,23H,5-6,9-10H2,1H3;1H. The van der Waals surface area contributed by atoms with Crippen LogP contribution in [0, 0.1) is 24.6 Å². The van der Waals surface area contributed by atoms with Crippen molar-refractivity contribution in [1.29, 1.82) is 0 Å². The second-order valence-corrected chi connectivity index (χ2v) is 8.22. The van der Waals surface area contributed by atoms with E-state index < -0.39 is 11.5 Å². The minimum absolute atomic E-state index is 0. The molecule has 0 aliphatic carbocycles. The van der Waals surface area contributed by atoms with Crippen LogP contribution in [0.5, 0.6) is 0 Å². The van der Waals surface area contributed by atoms with Crippen LogP contribution in [0.25, 0.3) is 22.7 Å². The smallest absolute Gasteiger partial charge is 0.355 e. The molecule has 31 heavy (non-hydrogen) atoms. The molecule has 10 heteroatoms. The lowest BCUT2D eigenvalue weighted by atomic mass is 10.0. The normalized spacial score (nSPS) is 20.4. The molecule has 0 bridgehead atoms. The highest BCUT2D eigenvalue weighted by Gasteiger charge is 2.36. The highest BCUT2D eigenvalue weighted by molar-refractivity contribution is 5.85. The molecule has 160 valence electrons. The van der Waals surface area contributed by atoms with Gasteiger partial charge >= 0.3 is 5.69 Å². The first-order valence-electron chi connectivity index (χ1n) is 10.1. The predicted octanol–water partition coefficient (Wildman–Crippen LogP) is 1.93. The molecule has 4 aromatic rings. The zero-order valence-corrected chi connectivity index (χ0v) is 17.6. The van der Waals surface area contributed by atoms with E-state index >= 15 is 0 Å². The Hall–Kier alpha value is -3.04. The topological polar surface area (TPSA) is 79.8 Å². The molecule has 6 rings (SSSR count). The summed E-state index contributed by atoms with van der Waals surface area (Å²) in [7, 11) is 0. The first-order valence-corrected chi connectivity index (χ1v) is 10.1. The predicted molar refractivity (Wildman–Crippen MR) is 117 cm³/mol. The lowest BCUT2D eigenvalue weighted by Gasteiger charge is -2.20. The van der Waals surface area contributed by atoms with Crippen molar-refractivity contribution in [3.8, 4) is 11.4 Å². The Morgan fingerprint density at radius 1 is 1.06 bits per heavy atom. The summed E-state index contributed by atoms with van der Waals surface area (Å²) in [5.41, 5.74) is 2.43. The van der Waals surface area contributed by atoms with E-state index in [0.717, 1.165) is 31.9 Å². The van der Waals surface area contributed by atoms with Crippen molar-refractivity contribution in [2.45, 2.75) is 6.92 Å². The third kappa shape index (κ3) is 3.24. The van der Waals surface area contributed by atoms with Gasteiger partial charge in [-0.05, 0) is 37.0 Å². The fraction of sp³-hybridized carbons (Fsp3) is 0.333. The van der Waals surface area contributed by atoms with Gasteiger partial charge < -0.3 is 14.6 Å². The molecule has 0 aromatic carbocycles. The van der Waals surface area contributed by atoms with Crippen molar-refractivity contribution in [2.75, 3.05) is 31.1 Å². The van der Waals surface area contributed by atoms with Gasteiger partial charge in [-0.1, -0.05) is 0 Å². The summed E-state index contributed by atoms with van der Waals surface area (Å²) in [5.74, 6) is 1.04. The number of hydrogen-bond donors (Lipinski definition) is 1. The first-order chi connectivity index (χ1) is 14.5. The summed E-state index contributed by atoms with van der Waals surface area (Å²) in [5, 5.41) is 3.44. The van der Waals surface area contributed by atoms with Crippen molar-refractivity contribution in [2.24, 2.45) is 11.8 Å². The van der Waals surface area contributed by atoms with E-state index in [4.69, 9.17) is 0 Å². The number of halogens is 2. The van der Waals surface area contributed by atoms with Crippen molar-refractivity contribution in [3.05, 3.63) is 58.8 Å². The fourth-order valence-corrected chi connectivity index (χ4v) is 4.69. The molecule has 2 saturated heterocycles. The Morgan fingerprint density at radius 2 is 1.84 bits per heavy atom. The second-order valence-electron chi connectivity index (χ2n) is 8.22. The van der Waals surface area contributed by atoms with Crippen LogP contribution >= 0.6 is 12.4 Å². The Labute approximate surface area is 183 Å². The van der Waals surface area contributed by atoms with Gasteiger partial charge in [-0.3, -0.25) is 0 Å². The molecule has 4 aromatic heterocycles. The van der Waals surface area contributed by atoms with Crippen LogP contribution in [0.2, 0.25) is 0 Å². The van der Waals surface area contributed by atoms with E-state index in [-0.39, 0.29) is 23.9 Å². The maximum absolute atomic E-state index is 14.5. The summed E-state index contributed by atoms with van der Waals surface area (Å²) in [6, 6.07) is 5.13. The van der Waals surface area contributed by atoms with E-state index in [2.05, 4.69) is 25.2 Å². The highest BCUT2D eigenvalue weighted by Crippen LogP contribution is 2.30. The molecule has 0 saturated carbocycles. The number of nitrogens with zero attached hydrogens (tertiary/aromatic N) is 6. The summed E-state index contributed by atoms with van der Waals surface area (Å²) < 4.78 is 17.5. The van der Waals surface area contributed by atoms with Gasteiger partial charge in [-0.25, -0.2) is 23.6 Å². The Morgan fingerprint density at radius 3 is 2.61 bits per heavy atom. The van der Waals surface area contributed by atoms with E-state index in [9.17, 15) is 9.18 Å². The number of aryl methyl sites for hydroxylation is 1. The molecule has 8 nitrogen and oxygen atoms in total. The molecule has 2 aliphatic heterocycles. The number of nitrogens with one attached hydrogen (secondary N) is 1. The molecule has 2 atom stereocenters. The molecule has 0 amide bonds. The molecular weight excluding hydrogens is 421 g/mol. The molecule has 2 unspecified atom stereocenters. The third-order valence-corrected chi connectivity index (χ3v) is 6.18. The van der Waals surface area contributed by atoms with E-state index in [1.807, 2.05) is 12.1 Å². The summed E-state index contributed by atoms with van der Waals surface area (Å²) in [4.78, 5) is 27.9. The summed E-state index contributed by atoms with van der Waals surface area (Å²) in [6.07, 6.45) is 5.22. The SMILES string of the molecule is Cc1cn2cc(-c3nc(=O)n4cc(N5CC6CNCC6C5)ccc4n3)cc(F)c2n1.Cl. The highest BCUT2D eigenvalue weighted by atomic mass is 35.5. The van der Waals surface area contributed by atoms with Gasteiger partial charge in [-0.2, -0.15) is 4.98 Å². The Kier molecular flexibility index (Phi) is 4.67. The monoisotopic (exact) mass is 441 g/mol. The van der Waals surface area contributed by atoms with Gasteiger partial charge in [0.05, 0.1) is 11.4 Å². The molecule has 6 heterocycles. The first kappa shape index (κ1) is 19.9. The van der Waals surface area contributed by atoms with Crippen LogP contribution in [0.4, 0.5) is 10.1 Å². The third-order valence-electron chi connectivity index (χ3n) is 6.18. The van der Waals surface area contributed by atoms with Crippen LogP contribution in [0.3, 0.4) is 0 Å². The fourth-order valence-electron chi connectivity index (χ4n) is 4.69. The number of imidazole rings is 1. The van der Waals surface area contributed by atoms with Crippen molar-refractivity contribution < 1.29 is 4.39 Å². The van der Waals surface area contributed by atoms with Crippen molar-refractivity contribution in [3.63, 3.8) is 0 Å². The zero-order valence-electron chi connectivity index (χ0n) is 16.8. The van der Waals surface area contributed by atoms with Crippen LogP contribution in [0.1, 0.15) is 5.69 Å². The number of hydrogen-bond acceptors (Lipinski definition) is 6. The Bertz CT molecular complexity index is 1360. The zero-order chi connectivity index (χ0) is 20.4. The van der Waals surface area contributed by atoms with Gasteiger partial charge in [0, 0.05) is 50.3 Å². The average Bonchev–Trinajstić information content (AvgIpc) is 3.41.